The average molecular weight is 403 g/mol. The molecule has 2 aromatic carbocycles. The Morgan fingerprint density at radius 1 is 1.07 bits per heavy atom. The van der Waals surface area contributed by atoms with E-state index in [1.165, 1.54) is 24.4 Å². The van der Waals surface area contributed by atoms with Gasteiger partial charge in [0.15, 0.2) is 5.76 Å². The number of hydrogen-bond donors (Lipinski definition) is 1. The van der Waals surface area contributed by atoms with Gasteiger partial charge in [-0.05, 0) is 29.8 Å². The molecule has 0 aliphatic heterocycles. The zero-order valence-corrected chi connectivity index (χ0v) is 15.5. The summed E-state index contributed by atoms with van der Waals surface area (Å²) < 4.78 is 25.7. The Labute approximate surface area is 168 Å². The summed E-state index contributed by atoms with van der Waals surface area (Å²) in [6, 6.07) is 14.3. The van der Waals surface area contributed by atoms with E-state index >= 15 is 0 Å². The molecule has 148 valence electrons. The standard InChI is InChI=1S/C22H14FN3O4/c23-14-7-5-13(6-8-14)11-26-12-15(10-24-26)25-21(28)19-9-17-20(27)16-3-1-2-4-18(16)29-22(17)30-19/h1-10,12H,11H2,(H,25,28). The summed E-state index contributed by atoms with van der Waals surface area (Å²) >= 11 is 0. The number of halogens is 1. The highest BCUT2D eigenvalue weighted by Crippen LogP contribution is 2.22. The molecule has 5 rings (SSSR count). The van der Waals surface area contributed by atoms with Crippen molar-refractivity contribution in [3.63, 3.8) is 0 Å². The van der Waals surface area contributed by atoms with E-state index in [9.17, 15) is 14.0 Å². The first-order valence-electron chi connectivity index (χ1n) is 9.10. The molecule has 0 saturated carbocycles. The molecule has 3 aromatic heterocycles. The van der Waals surface area contributed by atoms with E-state index in [-0.39, 0.29) is 28.2 Å². The molecule has 0 spiro atoms. The van der Waals surface area contributed by atoms with E-state index in [1.54, 1.807) is 47.3 Å². The first-order chi connectivity index (χ1) is 14.6. The first kappa shape index (κ1) is 17.9. The molecule has 0 fully saturated rings. The van der Waals surface area contributed by atoms with Crippen LogP contribution in [0.25, 0.3) is 22.1 Å². The van der Waals surface area contributed by atoms with Crippen LogP contribution in [0.3, 0.4) is 0 Å². The van der Waals surface area contributed by atoms with Gasteiger partial charge in [-0.25, -0.2) is 4.39 Å². The minimum Gasteiger partial charge on any atom is -0.425 e. The summed E-state index contributed by atoms with van der Waals surface area (Å²) in [5, 5.41) is 7.48. The molecule has 0 saturated heterocycles. The number of aromatic nitrogens is 2. The minimum atomic E-state index is -0.536. The summed E-state index contributed by atoms with van der Waals surface area (Å²) in [6.45, 7) is 0.422. The fraction of sp³-hybridized carbons (Fsp3) is 0.0455. The lowest BCUT2D eigenvalue weighted by atomic mass is 10.2. The lowest BCUT2D eigenvalue weighted by molar-refractivity contribution is 0.0997. The smallest absolute Gasteiger partial charge is 0.302 e. The zero-order valence-electron chi connectivity index (χ0n) is 15.5. The number of benzene rings is 2. The number of fused-ring (bicyclic) bond motifs is 2. The largest absolute Gasteiger partial charge is 0.425 e. The average Bonchev–Trinajstić information content (AvgIpc) is 3.37. The van der Waals surface area contributed by atoms with Crippen LogP contribution in [0.5, 0.6) is 0 Å². The third-order valence-electron chi connectivity index (χ3n) is 4.65. The molecular formula is C22H14FN3O4. The zero-order chi connectivity index (χ0) is 20.7. The van der Waals surface area contributed by atoms with Crippen molar-refractivity contribution < 1.29 is 18.0 Å². The Hall–Kier alpha value is -4.20. The van der Waals surface area contributed by atoms with Gasteiger partial charge >= 0.3 is 5.78 Å². The fourth-order valence-electron chi connectivity index (χ4n) is 3.19. The van der Waals surface area contributed by atoms with Crippen LogP contribution >= 0.6 is 0 Å². The second kappa shape index (κ2) is 7.00. The van der Waals surface area contributed by atoms with Crippen LogP contribution in [0.2, 0.25) is 0 Å². The van der Waals surface area contributed by atoms with E-state index in [0.717, 1.165) is 5.56 Å². The van der Waals surface area contributed by atoms with Gasteiger partial charge in [0.05, 0.1) is 23.8 Å². The van der Waals surface area contributed by atoms with Crippen molar-refractivity contribution in [2.24, 2.45) is 0 Å². The summed E-state index contributed by atoms with van der Waals surface area (Å²) in [4.78, 5) is 25.2. The summed E-state index contributed by atoms with van der Waals surface area (Å²) in [5.74, 6) is -0.895. The van der Waals surface area contributed by atoms with E-state index in [2.05, 4.69) is 10.4 Å². The summed E-state index contributed by atoms with van der Waals surface area (Å²) in [5.41, 5.74) is 1.44. The molecule has 1 N–H and O–H groups in total. The van der Waals surface area contributed by atoms with Gasteiger partial charge in [0, 0.05) is 12.3 Å². The molecule has 0 radical (unpaired) electrons. The summed E-state index contributed by atoms with van der Waals surface area (Å²) in [7, 11) is 0. The van der Waals surface area contributed by atoms with Crippen molar-refractivity contribution in [2.75, 3.05) is 5.32 Å². The fourth-order valence-corrected chi connectivity index (χ4v) is 3.19. The quantitative estimate of drug-likeness (QED) is 0.486. The Bertz CT molecular complexity index is 1450. The monoisotopic (exact) mass is 403 g/mol. The molecule has 0 atom stereocenters. The van der Waals surface area contributed by atoms with E-state index < -0.39 is 5.91 Å². The molecule has 0 aliphatic rings. The van der Waals surface area contributed by atoms with Gasteiger partial charge in [-0.2, -0.15) is 5.10 Å². The molecule has 0 unspecified atom stereocenters. The van der Waals surface area contributed by atoms with Crippen molar-refractivity contribution in [1.29, 1.82) is 0 Å². The third kappa shape index (κ3) is 3.24. The SMILES string of the molecule is O=C(Nc1cnn(Cc2ccc(F)cc2)c1)c1cc2c(=O)c3ccccc3oc2o1. The van der Waals surface area contributed by atoms with Crippen molar-refractivity contribution in [3.05, 3.63) is 94.4 Å². The third-order valence-corrected chi connectivity index (χ3v) is 4.65. The Kier molecular flexibility index (Phi) is 4.17. The number of nitrogens with one attached hydrogen (secondary N) is 1. The number of amides is 1. The van der Waals surface area contributed by atoms with Gasteiger partial charge in [-0.3, -0.25) is 14.3 Å². The summed E-state index contributed by atoms with van der Waals surface area (Å²) in [6.07, 6.45) is 3.13. The van der Waals surface area contributed by atoms with Gasteiger partial charge in [0.2, 0.25) is 5.43 Å². The number of para-hydroxylation sites is 1. The normalized spacial score (nSPS) is 11.2. The number of furan rings is 1. The molecule has 30 heavy (non-hydrogen) atoms. The number of nitrogens with zero attached hydrogens (tertiary/aromatic N) is 2. The van der Waals surface area contributed by atoms with Gasteiger partial charge in [0.1, 0.15) is 16.8 Å². The van der Waals surface area contributed by atoms with Crippen LogP contribution in [-0.4, -0.2) is 15.7 Å². The van der Waals surface area contributed by atoms with Crippen molar-refractivity contribution in [3.8, 4) is 0 Å². The van der Waals surface area contributed by atoms with Crippen LogP contribution in [-0.2, 0) is 6.54 Å². The molecular weight excluding hydrogens is 389 g/mol. The van der Waals surface area contributed by atoms with Crippen molar-refractivity contribution in [1.82, 2.24) is 9.78 Å². The lowest BCUT2D eigenvalue weighted by Gasteiger charge is -2.01. The lowest BCUT2D eigenvalue weighted by Crippen LogP contribution is -2.10. The second-order valence-electron chi connectivity index (χ2n) is 6.75. The van der Waals surface area contributed by atoms with Crippen LogP contribution < -0.4 is 10.7 Å². The van der Waals surface area contributed by atoms with E-state index in [1.807, 2.05) is 0 Å². The number of anilines is 1. The van der Waals surface area contributed by atoms with E-state index in [0.29, 0.717) is 23.2 Å². The van der Waals surface area contributed by atoms with Gasteiger partial charge in [0.25, 0.3) is 5.91 Å². The van der Waals surface area contributed by atoms with Crippen LogP contribution in [0.1, 0.15) is 16.1 Å². The van der Waals surface area contributed by atoms with Gasteiger partial charge in [-0.1, -0.05) is 24.3 Å². The van der Waals surface area contributed by atoms with Gasteiger partial charge < -0.3 is 14.2 Å². The maximum Gasteiger partial charge on any atom is 0.302 e. The molecule has 5 aromatic rings. The van der Waals surface area contributed by atoms with Crippen molar-refractivity contribution >= 4 is 33.7 Å². The molecule has 0 bridgehead atoms. The first-order valence-corrected chi connectivity index (χ1v) is 9.10. The molecule has 0 aliphatic carbocycles. The maximum absolute atomic E-state index is 13.0. The van der Waals surface area contributed by atoms with E-state index in [4.69, 9.17) is 8.83 Å². The van der Waals surface area contributed by atoms with Crippen LogP contribution in [0.15, 0.2) is 80.6 Å². The highest BCUT2D eigenvalue weighted by atomic mass is 19.1. The van der Waals surface area contributed by atoms with Crippen LogP contribution in [0, 0.1) is 5.82 Å². The van der Waals surface area contributed by atoms with Crippen LogP contribution in [0.4, 0.5) is 10.1 Å². The Balaban J connectivity index is 1.38. The second-order valence-corrected chi connectivity index (χ2v) is 6.75. The predicted molar refractivity (Wildman–Crippen MR) is 108 cm³/mol. The highest BCUT2D eigenvalue weighted by molar-refractivity contribution is 6.04. The molecule has 8 heteroatoms. The van der Waals surface area contributed by atoms with Crippen molar-refractivity contribution in [2.45, 2.75) is 6.54 Å². The number of rotatable bonds is 4. The predicted octanol–water partition coefficient (Wildman–Crippen LogP) is 4.18. The molecule has 1 amide bonds. The maximum atomic E-state index is 13.0. The Morgan fingerprint density at radius 2 is 1.87 bits per heavy atom. The highest BCUT2D eigenvalue weighted by Gasteiger charge is 2.18. The molecule has 3 heterocycles. The topological polar surface area (TPSA) is 90.3 Å². The Morgan fingerprint density at radius 3 is 2.70 bits per heavy atom. The van der Waals surface area contributed by atoms with Gasteiger partial charge in [-0.15, -0.1) is 0 Å². The minimum absolute atomic E-state index is 0.00384. The number of hydrogen-bond acceptors (Lipinski definition) is 5. The number of carbonyl (C=O) groups is 1. The molecule has 7 nitrogen and oxygen atoms in total. The number of carbonyl (C=O) groups excluding carboxylic acids is 1.